The number of imide groups is 1. The van der Waals surface area contributed by atoms with Crippen molar-refractivity contribution in [1.82, 2.24) is 9.80 Å². The fraction of sp³-hybridized carbons (Fsp3) is 0.304. The molecule has 31 heavy (non-hydrogen) atoms. The molecule has 2 aromatic carbocycles. The largest absolute Gasteiger partial charge is 0.339 e. The number of likely N-dealkylation sites (tertiary alicyclic amines) is 1. The van der Waals surface area contributed by atoms with Crippen LogP contribution in [0.1, 0.15) is 57.3 Å². The molecule has 7 nitrogen and oxygen atoms in total. The van der Waals surface area contributed by atoms with Gasteiger partial charge in [-0.3, -0.25) is 24.1 Å². The van der Waals surface area contributed by atoms with Crippen molar-refractivity contribution in [2.45, 2.75) is 32.2 Å². The van der Waals surface area contributed by atoms with Crippen LogP contribution in [0.15, 0.2) is 42.5 Å². The smallest absolute Gasteiger partial charge is 0.262 e. The second-order valence-corrected chi connectivity index (χ2v) is 8.17. The fourth-order valence-corrected chi connectivity index (χ4v) is 4.16. The molecule has 1 unspecified atom stereocenters. The SMILES string of the molecule is CC(C(=O)Nc1cc(Cl)ccc1C(=O)N1CCCCC1)N1C(=O)c2ccccc2C1=O. The van der Waals surface area contributed by atoms with Gasteiger partial charge in [0.05, 0.1) is 22.4 Å². The van der Waals surface area contributed by atoms with E-state index in [9.17, 15) is 19.2 Å². The number of amides is 4. The number of piperidine rings is 1. The van der Waals surface area contributed by atoms with Crippen LogP contribution in [0.25, 0.3) is 0 Å². The molecule has 2 aliphatic heterocycles. The first-order valence-corrected chi connectivity index (χ1v) is 10.6. The zero-order valence-corrected chi connectivity index (χ0v) is 17.8. The predicted octanol–water partition coefficient (Wildman–Crippen LogP) is 3.59. The van der Waals surface area contributed by atoms with Gasteiger partial charge in [-0.25, -0.2) is 0 Å². The number of nitrogens with zero attached hydrogens (tertiary/aromatic N) is 2. The summed E-state index contributed by atoms with van der Waals surface area (Å²) < 4.78 is 0. The Bertz CT molecular complexity index is 1040. The van der Waals surface area contributed by atoms with E-state index in [4.69, 9.17) is 11.6 Å². The minimum atomic E-state index is -1.07. The van der Waals surface area contributed by atoms with Gasteiger partial charge in [0.1, 0.15) is 6.04 Å². The van der Waals surface area contributed by atoms with Crippen molar-refractivity contribution in [1.29, 1.82) is 0 Å². The Labute approximate surface area is 185 Å². The number of carbonyl (C=O) groups is 4. The fourth-order valence-electron chi connectivity index (χ4n) is 3.99. The lowest BCUT2D eigenvalue weighted by Crippen LogP contribution is -2.45. The van der Waals surface area contributed by atoms with Crippen LogP contribution in [-0.2, 0) is 4.79 Å². The van der Waals surface area contributed by atoms with Gasteiger partial charge in [-0.05, 0) is 56.5 Å². The number of fused-ring (bicyclic) bond motifs is 1. The van der Waals surface area contributed by atoms with Crippen molar-refractivity contribution in [2.75, 3.05) is 18.4 Å². The highest BCUT2D eigenvalue weighted by molar-refractivity contribution is 6.31. The monoisotopic (exact) mass is 439 g/mol. The Morgan fingerprint density at radius 2 is 1.58 bits per heavy atom. The van der Waals surface area contributed by atoms with E-state index in [0.29, 0.717) is 23.7 Å². The summed E-state index contributed by atoms with van der Waals surface area (Å²) in [5.74, 6) is -1.79. The molecule has 0 spiro atoms. The Morgan fingerprint density at radius 3 is 2.19 bits per heavy atom. The standard InChI is InChI=1S/C23H22ClN3O4/c1-14(27-22(30)16-7-3-4-8-17(16)23(27)31)20(28)25-19-13-15(24)9-10-18(19)21(29)26-11-5-2-6-12-26/h3-4,7-10,13-14H,2,5-6,11-12H2,1H3,(H,25,28). The summed E-state index contributed by atoms with van der Waals surface area (Å²) >= 11 is 6.11. The third-order valence-corrected chi connectivity index (χ3v) is 5.94. The molecule has 1 saturated heterocycles. The van der Waals surface area contributed by atoms with Gasteiger partial charge >= 0.3 is 0 Å². The minimum absolute atomic E-state index is 0.181. The number of benzene rings is 2. The van der Waals surface area contributed by atoms with Crippen LogP contribution in [0.2, 0.25) is 5.02 Å². The maximum Gasteiger partial charge on any atom is 0.262 e. The van der Waals surface area contributed by atoms with E-state index in [1.807, 2.05) is 0 Å². The third-order valence-electron chi connectivity index (χ3n) is 5.71. The minimum Gasteiger partial charge on any atom is -0.339 e. The molecule has 0 saturated carbocycles. The lowest BCUT2D eigenvalue weighted by Gasteiger charge is -2.28. The highest BCUT2D eigenvalue weighted by Gasteiger charge is 2.40. The zero-order chi connectivity index (χ0) is 22.1. The van der Waals surface area contributed by atoms with Crippen molar-refractivity contribution in [3.63, 3.8) is 0 Å². The lowest BCUT2D eigenvalue weighted by atomic mass is 10.1. The molecular weight excluding hydrogens is 418 g/mol. The van der Waals surface area contributed by atoms with Crippen molar-refractivity contribution in [3.05, 3.63) is 64.2 Å². The maximum absolute atomic E-state index is 13.0. The molecule has 4 rings (SSSR count). The molecule has 2 aromatic rings. The second-order valence-electron chi connectivity index (χ2n) is 7.73. The predicted molar refractivity (Wildman–Crippen MR) is 116 cm³/mol. The summed E-state index contributed by atoms with van der Waals surface area (Å²) in [5.41, 5.74) is 1.14. The van der Waals surface area contributed by atoms with Crippen molar-refractivity contribution in [3.8, 4) is 0 Å². The first-order valence-electron chi connectivity index (χ1n) is 10.2. The van der Waals surface area contributed by atoms with Crippen LogP contribution in [0, 0.1) is 0 Å². The van der Waals surface area contributed by atoms with Gasteiger partial charge in [0.2, 0.25) is 5.91 Å². The van der Waals surface area contributed by atoms with Gasteiger partial charge in [0.25, 0.3) is 17.7 Å². The quantitative estimate of drug-likeness (QED) is 0.737. The topological polar surface area (TPSA) is 86.8 Å². The van der Waals surface area contributed by atoms with E-state index in [1.54, 1.807) is 41.3 Å². The molecule has 8 heteroatoms. The van der Waals surface area contributed by atoms with E-state index < -0.39 is 23.8 Å². The van der Waals surface area contributed by atoms with E-state index in [2.05, 4.69) is 5.32 Å². The zero-order valence-electron chi connectivity index (χ0n) is 17.1. The number of hydrogen-bond donors (Lipinski definition) is 1. The van der Waals surface area contributed by atoms with Gasteiger partial charge in [-0.1, -0.05) is 23.7 Å². The first kappa shape index (κ1) is 21.1. The van der Waals surface area contributed by atoms with Gasteiger partial charge in [0.15, 0.2) is 0 Å². The van der Waals surface area contributed by atoms with E-state index >= 15 is 0 Å². The number of carbonyl (C=O) groups excluding carboxylic acids is 4. The normalized spacial score (nSPS) is 16.8. The van der Waals surface area contributed by atoms with Gasteiger partial charge in [-0.2, -0.15) is 0 Å². The second kappa shape index (κ2) is 8.51. The summed E-state index contributed by atoms with van der Waals surface area (Å²) in [6.45, 7) is 2.81. The Kier molecular flexibility index (Phi) is 5.78. The Balaban J connectivity index is 1.56. The molecule has 1 fully saturated rings. The lowest BCUT2D eigenvalue weighted by molar-refractivity contribution is -0.119. The summed E-state index contributed by atoms with van der Waals surface area (Å²) in [4.78, 5) is 54.1. The van der Waals surface area contributed by atoms with Crippen molar-refractivity contribution < 1.29 is 19.2 Å². The number of hydrogen-bond acceptors (Lipinski definition) is 4. The Morgan fingerprint density at radius 1 is 0.968 bits per heavy atom. The van der Waals surface area contributed by atoms with Crippen LogP contribution < -0.4 is 5.32 Å². The molecule has 0 bridgehead atoms. The highest BCUT2D eigenvalue weighted by atomic mass is 35.5. The first-order chi connectivity index (χ1) is 14.9. The molecule has 4 amide bonds. The molecule has 0 aliphatic carbocycles. The maximum atomic E-state index is 13.0. The van der Waals surface area contributed by atoms with Crippen LogP contribution in [0.3, 0.4) is 0 Å². The molecule has 160 valence electrons. The van der Waals surface area contributed by atoms with Gasteiger partial charge in [-0.15, -0.1) is 0 Å². The van der Waals surface area contributed by atoms with Crippen LogP contribution in [0.5, 0.6) is 0 Å². The molecule has 0 radical (unpaired) electrons. The summed E-state index contributed by atoms with van der Waals surface area (Å²) in [5, 5.41) is 3.06. The number of anilines is 1. The summed E-state index contributed by atoms with van der Waals surface area (Å²) in [7, 11) is 0. The summed E-state index contributed by atoms with van der Waals surface area (Å²) in [6, 6.07) is 10.1. The van der Waals surface area contributed by atoms with Crippen molar-refractivity contribution in [2.24, 2.45) is 0 Å². The van der Waals surface area contributed by atoms with Crippen LogP contribution in [0.4, 0.5) is 5.69 Å². The number of nitrogens with one attached hydrogen (secondary N) is 1. The molecule has 0 aromatic heterocycles. The van der Waals surface area contributed by atoms with Crippen LogP contribution in [-0.4, -0.2) is 52.6 Å². The number of halogens is 1. The highest BCUT2D eigenvalue weighted by Crippen LogP contribution is 2.27. The molecule has 1 N–H and O–H groups in total. The Hall–Kier alpha value is -3.19. The van der Waals surface area contributed by atoms with Crippen molar-refractivity contribution >= 4 is 40.9 Å². The van der Waals surface area contributed by atoms with E-state index in [1.165, 1.54) is 13.0 Å². The average Bonchev–Trinajstić information content (AvgIpc) is 3.04. The number of rotatable bonds is 4. The molecule has 2 heterocycles. The van der Waals surface area contributed by atoms with E-state index in [0.717, 1.165) is 24.2 Å². The van der Waals surface area contributed by atoms with Gasteiger partial charge < -0.3 is 10.2 Å². The molecule has 1 atom stereocenters. The van der Waals surface area contributed by atoms with Gasteiger partial charge in [0, 0.05) is 18.1 Å². The summed E-state index contributed by atoms with van der Waals surface area (Å²) in [6.07, 6.45) is 2.97. The molecule has 2 aliphatic rings. The van der Waals surface area contributed by atoms with E-state index in [-0.39, 0.29) is 22.7 Å². The molecular formula is C23H22ClN3O4. The van der Waals surface area contributed by atoms with Crippen LogP contribution >= 0.6 is 11.6 Å². The average molecular weight is 440 g/mol. The third kappa shape index (κ3) is 3.93.